The minimum atomic E-state index is -3.68. The summed E-state index contributed by atoms with van der Waals surface area (Å²) in [4.78, 5) is 16.5. The fraction of sp³-hybridized carbons (Fsp3) is 0.192. The molecule has 1 aliphatic carbocycles. The highest BCUT2D eigenvalue weighted by molar-refractivity contribution is 6.02. The van der Waals surface area contributed by atoms with E-state index in [1.54, 1.807) is 6.07 Å². The number of aromatic amines is 1. The number of anilines is 1. The summed E-state index contributed by atoms with van der Waals surface area (Å²) >= 11 is 0. The lowest BCUT2D eigenvalue weighted by Gasteiger charge is -2.17. The predicted octanol–water partition coefficient (Wildman–Crippen LogP) is 6.14. The van der Waals surface area contributed by atoms with E-state index >= 15 is 0 Å². The highest BCUT2D eigenvalue weighted by Gasteiger charge is 2.52. The molecular weight excluding hydrogens is 426 g/mol. The van der Waals surface area contributed by atoms with Crippen molar-refractivity contribution in [2.45, 2.75) is 31.5 Å². The van der Waals surface area contributed by atoms with Gasteiger partial charge in [-0.15, -0.1) is 8.78 Å². The highest BCUT2D eigenvalue weighted by atomic mass is 19.3. The summed E-state index contributed by atoms with van der Waals surface area (Å²) in [5.41, 5.74) is 4.84. The molecule has 7 heteroatoms. The van der Waals surface area contributed by atoms with E-state index in [1.165, 1.54) is 12.1 Å². The van der Waals surface area contributed by atoms with Crippen LogP contribution in [-0.4, -0.2) is 17.2 Å². The molecule has 1 saturated carbocycles. The Labute approximate surface area is 188 Å². The molecule has 1 amide bonds. The molecule has 166 valence electrons. The molecule has 1 aromatic heterocycles. The summed E-state index contributed by atoms with van der Waals surface area (Å²) in [5.74, 6) is -0.235. The Hall–Kier alpha value is -3.87. The van der Waals surface area contributed by atoms with Crippen molar-refractivity contribution in [3.05, 3.63) is 78.0 Å². The van der Waals surface area contributed by atoms with Gasteiger partial charge in [-0.2, -0.15) is 0 Å². The molecule has 0 saturated heterocycles. The lowest BCUT2D eigenvalue weighted by Crippen LogP contribution is -2.28. The van der Waals surface area contributed by atoms with E-state index in [2.05, 4.69) is 31.9 Å². The number of fused-ring (bicyclic) bond motifs is 2. The number of nitrogens with one attached hydrogen (secondary N) is 2. The van der Waals surface area contributed by atoms with Gasteiger partial charge in [-0.1, -0.05) is 18.2 Å². The second kappa shape index (κ2) is 6.81. The van der Waals surface area contributed by atoms with Crippen LogP contribution < -0.4 is 14.8 Å². The van der Waals surface area contributed by atoms with Crippen LogP contribution in [0.4, 0.5) is 14.5 Å². The van der Waals surface area contributed by atoms with Crippen LogP contribution in [0.5, 0.6) is 11.5 Å². The van der Waals surface area contributed by atoms with Crippen molar-refractivity contribution in [3.8, 4) is 22.6 Å². The van der Waals surface area contributed by atoms with Crippen LogP contribution in [0.15, 0.2) is 66.9 Å². The van der Waals surface area contributed by atoms with Crippen molar-refractivity contribution in [2.24, 2.45) is 0 Å². The zero-order valence-electron chi connectivity index (χ0n) is 17.7. The van der Waals surface area contributed by atoms with Gasteiger partial charge in [0.25, 0.3) is 0 Å². The number of aryl methyl sites for hydroxylation is 1. The first-order valence-electron chi connectivity index (χ1n) is 10.7. The number of carbonyl (C=O) groups is 1. The summed E-state index contributed by atoms with van der Waals surface area (Å²) in [6.07, 6.45) is -0.499. The van der Waals surface area contributed by atoms with Crippen LogP contribution in [0, 0.1) is 6.92 Å². The summed E-state index contributed by atoms with van der Waals surface area (Å²) in [5, 5.41) is 4.15. The zero-order valence-corrected chi connectivity index (χ0v) is 17.7. The molecular formula is C26H20F2N2O3. The average molecular weight is 446 g/mol. The molecule has 2 aliphatic rings. The van der Waals surface area contributed by atoms with Gasteiger partial charge in [0.05, 0.1) is 5.41 Å². The minimum Gasteiger partial charge on any atom is -0.395 e. The Morgan fingerprint density at radius 3 is 2.61 bits per heavy atom. The molecule has 0 spiro atoms. The van der Waals surface area contributed by atoms with E-state index in [-0.39, 0.29) is 17.4 Å². The third-order valence-corrected chi connectivity index (χ3v) is 6.50. The van der Waals surface area contributed by atoms with Gasteiger partial charge in [-0.05, 0) is 89.9 Å². The quantitative estimate of drug-likeness (QED) is 0.396. The molecule has 0 bridgehead atoms. The number of aromatic nitrogens is 1. The molecule has 0 unspecified atom stereocenters. The zero-order chi connectivity index (χ0) is 22.8. The van der Waals surface area contributed by atoms with Gasteiger partial charge in [0.1, 0.15) is 0 Å². The van der Waals surface area contributed by atoms with Crippen molar-refractivity contribution in [1.82, 2.24) is 4.98 Å². The van der Waals surface area contributed by atoms with Crippen LogP contribution >= 0.6 is 0 Å². The van der Waals surface area contributed by atoms with Gasteiger partial charge in [0.15, 0.2) is 11.5 Å². The first-order valence-corrected chi connectivity index (χ1v) is 10.7. The summed E-state index contributed by atoms with van der Waals surface area (Å²) < 4.78 is 35.8. The molecule has 1 aliphatic heterocycles. The van der Waals surface area contributed by atoms with Crippen LogP contribution in [0.1, 0.15) is 24.0 Å². The van der Waals surface area contributed by atoms with Crippen LogP contribution in [0.2, 0.25) is 0 Å². The van der Waals surface area contributed by atoms with Crippen LogP contribution in [-0.2, 0) is 10.2 Å². The van der Waals surface area contributed by atoms with Crippen molar-refractivity contribution in [3.63, 3.8) is 0 Å². The van der Waals surface area contributed by atoms with Crippen molar-refractivity contribution >= 4 is 22.5 Å². The monoisotopic (exact) mass is 446 g/mol. The first kappa shape index (κ1) is 19.8. The summed E-state index contributed by atoms with van der Waals surface area (Å²) in [6.45, 7) is 2.03. The van der Waals surface area contributed by atoms with Gasteiger partial charge in [-0.3, -0.25) is 4.79 Å². The molecule has 5 nitrogen and oxygen atoms in total. The van der Waals surface area contributed by atoms with E-state index in [0.717, 1.165) is 27.6 Å². The van der Waals surface area contributed by atoms with Crippen LogP contribution in [0.3, 0.4) is 0 Å². The number of hydrogen-bond donors (Lipinski definition) is 2. The number of carbonyl (C=O) groups excluding carboxylic acids is 1. The molecule has 1 fully saturated rings. The highest BCUT2D eigenvalue weighted by Crippen LogP contribution is 2.52. The molecule has 0 radical (unpaired) electrons. The maximum absolute atomic E-state index is 13.4. The van der Waals surface area contributed by atoms with E-state index in [0.29, 0.717) is 24.1 Å². The molecule has 4 aromatic rings. The predicted molar refractivity (Wildman–Crippen MR) is 121 cm³/mol. The average Bonchev–Trinajstić information content (AvgIpc) is 3.35. The topological polar surface area (TPSA) is 63.4 Å². The molecule has 0 atom stereocenters. The maximum atomic E-state index is 13.4. The number of H-pyrrole nitrogens is 1. The molecule has 33 heavy (non-hydrogen) atoms. The normalized spacial score (nSPS) is 17.2. The second-order valence-corrected chi connectivity index (χ2v) is 8.67. The Morgan fingerprint density at radius 2 is 1.79 bits per heavy atom. The Balaban J connectivity index is 1.28. The summed E-state index contributed by atoms with van der Waals surface area (Å²) in [7, 11) is 0. The van der Waals surface area contributed by atoms with E-state index in [4.69, 9.17) is 0 Å². The van der Waals surface area contributed by atoms with Gasteiger partial charge >= 0.3 is 6.29 Å². The minimum absolute atomic E-state index is 0.0254. The number of ether oxygens (including phenoxy) is 2. The number of halogens is 2. The fourth-order valence-corrected chi connectivity index (χ4v) is 4.50. The Morgan fingerprint density at radius 1 is 0.970 bits per heavy atom. The Kier molecular flexibility index (Phi) is 4.08. The SMILES string of the molecule is Cc1ccc(NC(=O)C2(c3ccc4c(c3)OC(F)(F)O4)CC2)cc1-c1ccc2[nH]ccc2c1. The van der Waals surface area contributed by atoms with Gasteiger partial charge < -0.3 is 19.8 Å². The molecule has 2 N–H and O–H groups in total. The van der Waals surface area contributed by atoms with Crippen molar-refractivity contribution in [1.29, 1.82) is 0 Å². The van der Waals surface area contributed by atoms with E-state index < -0.39 is 11.7 Å². The number of benzene rings is 3. The third-order valence-electron chi connectivity index (χ3n) is 6.50. The van der Waals surface area contributed by atoms with Gasteiger partial charge in [0.2, 0.25) is 5.91 Å². The lowest BCUT2D eigenvalue weighted by atomic mass is 9.94. The number of alkyl halides is 2. The molecule has 2 heterocycles. The molecule has 6 rings (SSSR count). The van der Waals surface area contributed by atoms with E-state index in [1.807, 2.05) is 43.5 Å². The lowest BCUT2D eigenvalue weighted by molar-refractivity contribution is -0.286. The molecule has 3 aromatic carbocycles. The maximum Gasteiger partial charge on any atom is 0.586 e. The number of hydrogen-bond acceptors (Lipinski definition) is 3. The van der Waals surface area contributed by atoms with Crippen molar-refractivity contribution in [2.75, 3.05) is 5.32 Å². The van der Waals surface area contributed by atoms with E-state index in [9.17, 15) is 13.6 Å². The third kappa shape index (κ3) is 3.31. The van der Waals surface area contributed by atoms with Crippen molar-refractivity contribution < 1.29 is 23.0 Å². The first-order chi connectivity index (χ1) is 15.8. The van der Waals surface area contributed by atoms with Crippen LogP contribution in [0.25, 0.3) is 22.0 Å². The largest absolute Gasteiger partial charge is 0.586 e. The standard InChI is InChI=1S/C26H20F2N2O3/c1-15-2-5-19(14-20(15)16-3-6-21-17(12-16)8-11-29-21)30-24(31)25(9-10-25)18-4-7-22-23(13-18)33-26(27,28)32-22/h2-8,11-14,29H,9-10H2,1H3,(H,30,31). The smallest absolute Gasteiger partial charge is 0.395 e. The number of amides is 1. The summed E-state index contributed by atoms with van der Waals surface area (Å²) in [6, 6.07) is 18.6. The number of rotatable bonds is 4. The second-order valence-electron chi connectivity index (χ2n) is 8.67. The van der Waals surface area contributed by atoms with Gasteiger partial charge in [-0.25, -0.2) is 0 Å². The fourth-order valence-electron chi connectivity index (χ4n) is 4.50. The Bertz CT molecular complexity index is 1420. The van der Waals surface area contributed by atoms with Gasteiger partial charge in [0, 0.05) is 17.4 Å².